The normalized spacial score (nSPS) is 13.8. The molecule has 2 atom stereocenters. The quantitative estimate of drug-likeness (QED) is 0.197. The summed E-state index contributed by atoms with van der Waals surface area (Å²) in [6.45, 7) is 4.40. The minimum atomic E-state index is -0.969. The van der Waals surface area contributed by atoms with E-state index in [-0.39, 0.29) is 10.8 Å². The molecule has 3 nitrogen and oxygen atoms in total. The van der Waals surface area contributed by atoms with Gasteiger partial charge in [0.25, 0.3) is 0 Å². The molecule has 0 bridgehead atoms. The molecule has 4 heteroatoms. The molecule has 0 saturated heterocycles. The number of carbonyl (C=O) groups is 1. The number of hydrogen-bond acceptors (Lipinski definition) is 3. The van der Waals surface area contributed by atoms with Gasteiger partial charge in [-0.2, -0.15) is 11.8 Å². The molecular weight excluding hydrogens is 392 g/mol. The van der Waals surface area contributed by atoms with Crippen molar-refractivity contribution in [1.29, 1.82) is 0 Å². The molecule has 1 aromatic rings. The summed E-state index contributed by atoms with van der Waals surface area (Å²) in [6, 6.07) is 6.63. The lowest BCUT2D eigenvalue weighted by Crippen LogP contribution is -2.14. The molecule has 0 heterocycles. The summed E-state index contributed by atoms with van der Waals surface area (Å²) in [6.07, 6.45) is 20.2. The topological polar surface area (TPSA) is 57.5 Å². The maximum atomic E-state index is 11.2. The molecule has 0 radical (unpaired) electrons. The van der Waals surface area contributed by atoms with Crippen LogP contribution < -0.4 is 0 Å². The van der Waals surface area contributed by atoms with E-state index in [1.165, 1.54) is 44.9 Å². The zero-order valence-corrected chi connectivity index (χ0v) is 19.6. The average molecular weight is 433 g/mol. The lowest BCUT2D eigenvalue weighted by atomic mass is 10.0. The van der Waals surface area contributed by atoms with Gasteiger partial charge in [0.15, 0.2) is 0 Å². The zero-order valence-electron chi connectivity index (χ0n) is 18.8. The van der Waals surface area contributed by atoms with Gasteiger partial charge in [-0.15, -0.1) is 0 Å². The maximum Gasteiger partial charge on any atom is 0.335 e. The molecule has 0 unspecified atom stereocenters. The number of aromatic carboxylic acids is 1. The molecule has 0 amide bonds. The molecule has 0 fully saturated rings. The number of unbranched alkanes of at least 4 members (excludes halogenated alkanes) is 8. The fourth-order valence-corrected chi connectivity index (χ4v) is 4.50. The highest BCUT2D eigenvalue weighted by molar-refractivity contribution is 8.00. The Morgan fingerprint density at radius 2 is 1.70 bits per heavy atom. The summed E-state index contributed by atoms with van der Waals surface area (Å²) in [4.78, 5) is 11.2. The minimum absolute atomic E-state index is 0.0937. The summed E-state index contributed by atoms with van der Waals surface area (Å²) in [5.74, 6) is 0.00576. The monoisotopic (exact) mass is 432 g/mol. The van der Waals surface area contributed by atoms with E-state index < -0.39 is 12.1 Å². The third kappa shape index (κ3) is 11.6. The Bertz CT molecular complexity index is 639. The Kier molecular flexibility index (Phi) is 15.2. The van der Waals surface area contributed by atoms with Crippen molar-refractivity contribution in [2.45, 2.75) is 89.4 Å². The highest BCUT2D eigenvalue weighted by Gasteiger charge is 2.19. The van der Waals surface area contributed by atoms with Crippen LogP contribution in [0, 0.1) is 0 Å². The van der Waals surface area contributed by atoms with E-state index >= 15 is 0 Å². The Hall–Kier alpha value is -1.52. The fraction of sp³-hybridized carbons (Fsp3) is 0.577. The van der Waals surface area contributed by atoms with Crippen LogP contribution in [-0.4, -0.2) is 27.2 Å². The number of carboxylic acid groups (broad SMARTS) is 1. The predicted molar refractivity (Wildman–Crippen MR) is 130 cm³/mol. The first-order chi connectivity index (χ1) is 14.6. The molecule has 0 spiro atoms. The van der Waals surface area contributed by atoms with Crippen LogP contribution in [0.4, 0.5) is 0 Å². The third-order valence-corrected chi connectivity index (χ3v) is 6.44. The van der Waals surface area contributed by atoms with Crippen LogP contribution in [-0.2, 0) is 0 Å². The van der Waals surface area contributed by atoms with Crippen molar-refractivity contribution in [3.8, 4) is 0 Å². The van der Waals surface area contributed by atoms with Crippen LogP contribution >= 0.6 is 11.8 Å². The first-order valence-corrected chi connectivity index (χ1v) is 12.6. The van der Waals surface area contributed by atoms with Crippen LogP contribution in [0.2, 0.25) is 0 Å². The molecule has 0 aliphatic carbocycles. The van der Waals surface area contributed by atoms with E-state index in [1.807, 2.05) is 12.2 Å². The lowest BCUT2D eigenvalue weighted by Gasteiger charge is -2.20. The minimum Gasteiger partial charge on any atom is -0.478 e. The summed E-state index contributed by atoms with van der Waals surface area (Å²) in [5, 5.41) is 20.0. The molecule has 0 saturated carbocycles. The van der Waals surface area contributed by atoms with Crippen molar-refractivity contribution in [2.75, 3.05) is 5.75 Å². The van der Waals surface area contributed by atoms with Crippen molar-refractivity contribution in [3.63, 3.8) is 0 Å². The van der Waals surface area contributed by atoms with Gasteiger partial charge < -0.3 is 10.2 Å². The lowest BCUT2D eigenvalue weighted by molar-refractivity contribution is 0.0696. The number of aliphatic hydroxyl groups excluding tert-OH is 1. The Morgan fingerprint density at radius 3 is 2.40 bits per heavy atom. The molecule has 30 heavy (non-hydrogen) atoms. The molecule has 1 rings (SSSR count). The van der Waals surface area contributed by atoms with Gasteiger partial charge in [-0.3, -0.25) is 0 Å². The highest BCUT2D eigenvalue weighted by Crippen LogP contribution is 2.29. The third-order valence-electron chi connectivity index (χ3n) is 5.12. The molecular formula is C26H40O3S. The number of carboxylic acids is 1. The predicted octanol–water partition coefficient (Wildman–Crippen LogP) is 7.57. The van der Waals surface area contributed by atoms with Gasteiger partial charge >= 0.3 is 5.97 Å². The number of benzene rings is 1. The molecule has 2 N–H and O–H groups in total. The van der Waals surface area contributed by atoms with Gasteiger partial charge in [0.05, 0.1) is 16.9 Å². The van der Waals surface area contributed by atoms with Crippen molar-refractivity contribution in [2.24, 2.45) is 0 Å². The second-order valence-corrected chi connectivity index (χ2v) is 9.07. The van der Waals surface area contributed by atoms with E-state index in [1.54, 1.807) is 36.0 Å². The van der Waals surface area contributed by atoms with Gasteiger partial charge in [0.2, 0.25) is 0 Å². The van der Waals surface area contributed by atoms with E-state index in [0.717, 1.165) is 25.0 Å². The summed E-state index contributed by atoms with van der Waals surface area (Å²) in [7, 11) is 0. The average Bonchev–Trinajstić information content (AvgIpc) is 2.76. The van der Waals surface area contributed by atoms with E-state index in [9.17, 15) is 15.0 Å². The summed E-state index contributed by atoms with van der Waals surface area (Å²) < 4.78 is 0. The largest absolute Gasteiger partial charge is 0.478 e. The molecule has 0 aromatic heterocycles. The zero-order chi connectivity index (χ0) is 22.0. The van der Waals surface area contributed by atoms with Crippen LogP contribution in [0.15, 0.2) is 48.6 Å². The van der Waals surface area contributed by atoms with Gasteiger partial charge in [-0.05, 0) is 42.7 Å². The number of rotatable bonds is 17. The second-order valence-electron chi connectivity index (χ2n) is 7.79. The Morgan fingerprint density at radius 1 is 1.00 bits per heavy atom. The molecule has 0 aliphatic rings. The van der Waals surface area contributed by atoms with Crippen LogP contribution in [0.25, 0.3) is 0 Å². The fourth-order valence-electron chi connectivity index (χ4n) is 3.23. The van der Waals surface area contributed by atoms with Crippen molar-refractivity contribution < 1.29 is 15.0 Å². The van der Waals surface area contributed by atoms with E-state index in [0.29, 0.717) is 5.56 Å². The van der Waals surface area contributed by atoms with Gasteiger partial charge in [-0.1, -0.05) is 95.2 Å². The van der Waals surface area contributed by atoms with Crippen LogP contribution in [0.3, 0.4) is 0 Å². The highest BCUT2D eigenvalue weighted by atomic mass is 32.2. The molecule has 1 aromatic carbocycles. The number of allylic oxidation sites excluding steroid dienone is 3. The number of aliphatic hydroxyl groups is 1. The van der Waals surface area contributed by atoms with E-state index in [2.05, 4.69) is 26.0 Å². The summed E-state index contributed by atoms with van der Waals surface area (Å²) in [5.41, 5.74) is 0.864. The molecule has 0 aliphatic heterocycles. The summed E-state index contributed by atoms with van der Waals surface area (Å²) >= 11 is 1.73. The number of thioether (sulfide) groups is 1. The maximum absolute atomic E-state index is 11.2. The van der Waals surface area contributed by atoms with Crippen molar-refractivity contribution in [3.05, 3.63) is 59.7 Å². The van der Waals surface area contributed by atoms with E-state index in [4.69, 9.17) is 0 Å². The van der Waals surface area contributed by atoms with Crippen LogP contribution in [0.5, 0.6) is 0 Å². The van der Waals surface area contributed by atoms with Crippen molar-refractivity contribution in [1.82, 2.24) is 0 Å². The first kappa shape index (κ1) is 26.5. The Balaban J connectivity index is 2.54. The smallest absolute Gasteiger partial charge is 0.335 e. The first-order valence-electron chi connectivity index (χ1n) is 11.6. The van der Waals surface area contributed by atoms with Gasteiger partial charge in [0, 0.05) is 0 Å². The molecule has 168 valence electrons. The van der Waals surface area contributed by atoms with Crippen molar-refractivity contribution >= 4 is 17.7 Å². The van der Waals surface area contributed by atoms with Gasteiger partial charge in [0.1, 0.15) is 0 Å². The van der Waals surface area contributed by atoms with Gasteiger partial charge in [-0.25, -0.2) is 4.79 Å². The second kappa shape index (κ2) is 17.2. The van der Waals surface area contributed by atoms with Crippen LogP contribution in [0.1, 0.15) is 100 Å². The Labute approximate surface area is 187 Å². The SMILES string of the molecule is CCCCCCCCCC=CC=C[C@@H](SCCCC)[C@@H](O)c1cccc(C(=O)O)c1. The standard InChI is InChI=1S/C26H40O3S/c1-3-5-7-8-9-10-11-12-13-14-15-19-24(30-20-6-4-2)25(27)22-17-16-18-23(21-22)26(28)29/h13-19,21,24-25,27H,3-12,20H2,1-2H3,(H,28,29)/t24-,25+/m1/s1. The number of hydrogen-bond donors (Lipinski definition) is 2.